The number of carbonyl (C=O) groups excluding carboxylic acids is 1. The molecule has 0 aliphatic rings. The molecule has 1 radical (unpaired) electrons. The molecule has 0 saturated carbocycles. The van der Waals surface area contributed by atoms with E-state index in [1.807, 2.05) is 20.2 Å². The van der Waals surface area contributed by atoms with Crippen molar-refractivity contribution in [3.8, 4) is 5.75 Å². The fourth-order valence-corrected chi connectivity index (χ4v) is 1.01. The maximum atomic E-state index is 11.2. The minimum atomic E-state index is -1.22. The van der Waals surface area contributed by atoms with E-state index in [2.05, 4.69) is 15.6 Å². The first-order valence-electron chi connectivity index (χ1n) is 5.78. The summed E-state index contributed by atoms with van der Waals surface area (Å²) in [7, 11) is 3.99. The average molecular weight is 329 g/mol. The molecule has 0 unspecified atom stereocenters. The smallest absolute Gasteiger partial charge is 0.872 e. The summed E-state index contributed by atoms with van der Waals surface area (Å²) in [6.45, 7) is 1.23. The average Bonchev–Trinajstić information content (AvgIpc) is 2.37. The molecule has 0 atom stereocenters. The zero-order valence-electron chi connectivity index (χ0n) is 11.5. The van der Waals surface area contributed by atoms with Crippen LogP contribution in [-0.2, 0) is 21.9 Å². The number of rotatable bonds is 5. The summed E-state index contributed by atoms with van der Waals surface area (Å²) in [6.07, 6.45) is 1.64. The molecule has 20 heavy (non-hydrogen) atoms. The number of para-hydroxylation sites is 1. The van der Waals surface area contributed by atoms with Crippen molar-refractivity contribution in [1.82, 2.24) is 4.90 Å². The van der Waals surface area contributed by atoms with Crippen molar-refractivity contribution in [2.75, 3.05) is 33.7 Å². The molecular formula is C13H19CuN3O3. The van der Waals surface area contributed by atoms with Crippen molar-refractivity contribution < 1.29 is 32.1 Å². The van der Waals surface area contributed by atoms with Crippen LogP contribution in [0.4, 0.5) is 0 Å². The number of likely N-dealkylation sites (N-methyl/N-ethyl adjacent to an activating group) is 1. The van der Waals surface area contributed by atoms with Gasteiger partial charge in [0, 0.05) is 19.3 Å². The number of carbonyl (C=O) groups is 1. The number of hydrogen-bond acceptors (Lipinski definition) is 6. The van der Waals surface area contributed by atoms with E-state index in [-0.39, 0.29) is 29.4 Å². The second-order valence-corrected chi connectivity index (χ2v) is 3.95. The minimum Gasteiger partial charge on any atom is -0.872 e. The van der Waals surface area contributed by atoms with Crippen molar-refractivity contribution in [2.24, 2.45) is 10.7 Å². The van der Waals surface area contributed by atoms with E-state index in [0.717, 1.165) is 13.1 Å². The molecule has 6 nitrogen and oxygen atoms in total. The molecule has 1 aromatic carbocycles. The molecule has 7 heteroatoms. The number of carboxylic acid groups (broad SMARTS) is 1. The van der Waals surface area contributed by atoms with Gasteiger partial charge in [-0.1, -0.05) is 24.3 Å². The standard InChI is InChI=1S/C11H16N2O.C2H5NO2.Cu/c1-13(2)8-7-12-9-10-5-3-4-6-11(10)14;3-1-2(4)5;/h3-6,9,14H,7-8H2,1-2H3;1,3H2,(H,4,5);/q;;+2/p-2. The van der Waals surface area contributed by atoms with Crippen LogP contribution in [0.3, 0.4) is 0 Å². The monoisotopic (exact) mass is 328 g/mol. The number of aliphatic carboxylic acids is 1. The van der Waals surface area contributed by atoms with Gasteiger partial charge in [0.05, 0.1) is 12.5 Å². The molecule has 0 heterocycles. The van der Waals surface area contributed by atoms with Gasteiger partial charge in [-0.05, 0) is 19.7 Å². The number of aliphatic imine (C=N–C) groups is 1. The number of hydrogen-bond donors (Lipinski definition) is 1. The Bertz CT molecular complexity index is 412. The van der Waals surface area contributed by atoms with Gasteiger partial charge in [0.2, 0.25) is 0 Å². The maximum absolute atomic E-state index is 11.2. The van der Waals surface area contributed by atoms with Crippen molar-refractivity contribution in [1.29, 1.82) is 0 Å². The molecule has 0 aliphatic heterocycles. The van der Waals surface area contributed by atoms with Crippen molar-refractivity contribution in [3.63, 3.8) is 0 Å². The van der Waals surface area contributed by atoms with Crippen LogP contribution in [0.5, 0.6) is 5.75 Å². The molecule has 0 bridgehead atoms. The SMILES string of the molecule is CN(C)CCN=Cc1ccccc1[O-].NCC(=O)[O-].[Cu+2]. The van der Waals surface area contributed by atoms with E-state index in [4.69, 9.17) is 9.90 Å². The third-order valence-corrected chi connectivity index (χ3v) is 1.99. The van der Waals surface area contributed by atoms with Gasteiger partial charge in [-0.3, -0.25) is 4.99 Å². The van der Waals surface area contributed by atoms with Gasteiger partial charge in [-0.15, -0.1) is 5.75 Å². The second kappa shape index (κ2) is 12.6. The van der Waals surface area contributed by atoms with E-state index >= 15 is 0 Å². The fraction of sp³-hybridized carbons (Fsp3) is 0.385. The molecule has 1 aromatic rings. The summed E-state index contributed by atoms with van der Waals surface area (Å²) >= 11 is 0. The number of nitrogens with two attached hydrogens (primary N) is 1. The predicted octanol–water partition coefficient (Wildman–Crippen LogP) is -1.57. The van der Waals surface area contributed by atoms with E-state index in [0.29, 0.717) is 5.56 Å². The van der Waals surface area contributed by atoms with Gasteiger partial charge >= 0.3 is 17.1 Å². The Balaban J connectivity index is 0. The quantitative estimate of drug-likeness (QED) is 0.519. The molecule has 0 aliphatic carbocycles. The summed E-state index contributed by atoms with van der Waals surface area (Å²) in [6, 6.07) is 6.91. The number of benzene rings is 1. The van der Waals surface area contributed by atoms with Gasteiger partial charge in [0.1, 0.15) is 0 Å². The topological polar surface area (TPSA) is 105 Å². The molecular weight excluding hydrogens is 310 g/mol. The van der Waals surface area contributed by atoms with E-state index in [1.165, 1.54) is 0 Å². The Morgan fingerprint density at radius 3 is 2.40 bits per heavy atom. The van der Waals surface area contributed by atoms with Gasteiger partial charge < -0.3 is 25.6 Å². The van der Waals surface area contributed by atoms with Gasteiger partial charge in [0.25, 0.3) is 0 Å². The molecule has 1 rings (SSSR count). The van der Waals surface area contributed by atoms with Crippen LogP contribution >= 0.6 is 0 Å². The Morgan fingerprint density at radius 1 is 1.40 bits per heavy atom. The second-order valence-electron chi connectivity index (χ2n) is 3.95. The third kappa shape index (κ3) is 11.7. The number of nitrogens with zero attached hydrogens (tertiary/aromatic N) is 2. The maximum Gasteiger partial charge on any atom is 2.00 e. The van der Waals surface area contributed by atoms with Gasteiger partial charge in [-0.25, -0.2) is 0 Å². The molecule has 2 N–H and O–H groups in total. The predicted molar refractivity (Wildman–Crippen MR) is 71.0 cm³/mol. The Morgan fingerprint density at radius 2 is 1.95 bits per heavy atom. The fourth-order valence-electron chi connectivity index (χ4n) is 1.01. The summed E-state index contributed by atoms with van der Waals surface area (Å²) in [5, 5.41) is 20.4. The summed E-state index contributed by atoms with van der Waals surface area (Å²) in [5.74, 6) is -1.19. The van der Waals surface area contributed by atoms with Crippen LogP contribution < -0.4 is 15.9 Å². The first kappa shape index (κ1) is 20.9. The summed E-state index contributed by atoms with van der Waals surface area (Å²) in [5.41, 5.74) is 5.17. The Labute approximate surface area is 129 Å². The van der Waals surface area contributed by atoms with Crippen LogP contribution in [0.15, 0.2) is 29.3 Å². The van der Waals surface area contributed by atoms with Crippen LogP contribution in [0.1, 0.15) is 5.56 Å². The largest absolute Gasteiger partial charge is 2.00 e. The van der Waals surface area contributed by atoms with Gasteiger partial charge in [-0.2, -0.15) is 0 Å². The molecule has 115 valence electrons. The van der Waals surface area contributed by atoms with Crippen LogP contribution in [0, 0.1) is 0 Å². The van der Waals surface area contributed by atoms with Gasteiger partial charge in [0.15, 0.2) is 0 Å². The summed E-state index contributed by atoms with van der Waals surface area (Å²) < 4.78 is 0. The van der Waals surface area contributed by atoms with Crippen LogP contribution in [-0.4, -0.2) is 50.8 Å². The summed E-state index contributed by atoms with van der Waals surface area (Å²) in [4.78, 5) is 15.4. The first-order chi connectivity index (χ1) is 8.97. The van der Waals surface area contributed by atoms with Crippen molar-refractivity contribution >= 4 is 12.2 Å². The van der Waals surface area contributed by atoms with Crippen LogP contribution in [0.2, 0.25) is 0 Å². The molecule has 0 amide bonds. The normalized spacial score (nSPS) is 9.80. The Kier molecular flexibility index (Phi) is 13.2. The molecule has 0 aromatic heterocycles. The van der Waals surface area contributed by atoms with Crippen LogP contribution in [0.25, 0.3) is 0 Å². The first-order valence-corrected chi connectivity index (χ1v) is 5.78. The minimum absolute atomic E-state index is 0. The van der Waals surface area contributed by atoms with Crippen molar-refractivity contribution in [2.45, 2.75) is 0 Å². The van der Waals surface area contributed by atoms with E-state index < -0.39 is 5.97 Å². The van der Waals surface area contributed by atoms with E-state index in [1.54, 1.807) is 24.4 Å². The zero-order valence-corrected chi connectivity index (χ0v) is 12.4. The molecule has 0 spiro atoms. The van der Waals surface area contributed by atoms with Crippen molar-refractivity contribution in [3.05, 3.63) is 29.8 Å². The number of carboxylic acids is 1. The zero-order chi connectivity index (χ0) is 14.7. The molecule has 0 fully saturated rings. The molecule has 0 saturated heterocycles. The Hall–Kier alpha value is -1.40. The van der Waals surface area contributed by atoms with E-state index in [9.17, 15) is 5.11 Å². The third-order valence-electron chi connectivity index (χ3n) is 1.99.